The fraction of sp³-hybridized carbons (Fsp3) is 0.250. The summed E-state index contributed by atoms with van der Waals surface area (Å²) < 4.78 is 9.95. The van der Waals surface area contributed by atoms with Crippen LogP contribution in [0.1, 0.15) is 0 Å². The van der Waals surface area contributed by atoms with E-state index >= 15 is 0 Å². The van der Waals surface area contributed by atoms with Crippen LogP contribution in [0.5, 0.6) is 0 Å². The maximum absolute atomic E-state index is 5.02. The molecule has 0 unspecified atom stereocenters. The molecule has 8 heavy (non-hydrogen) atoms. The summed E-state index contributed by atoms with van der Waals surface area (Å²) >= 11 is -0.961. The third kappa shape index (κ3) is 2.32. The average Bonchev–Trinajstić information content (AvgIpc) is 1.62. The summed E-state index contributed by atoms with van der Waals surface area (Å²) in [5, 5.41) is 0. The fourth-order valence-electron chi connectivity index (χ4n) is 0.303. The molecule has 0 atom stereocenters. The summed E-state index contributed by atoms with van der Waals surface area (Å²) in [6.45, 7) is 0.608. The van der Waals surface area contributed by atoms with Gasteiger partial charge in [0, 0.05) is 0 Å². The van der Waals surface area contributed by atoms with E-state index in [-0.39, 0.29) is 0 Å². The van der Waals surface area contributed by atoms with Crippen LogP contribution in [0, 0.1) is 0 Å². The quantitative estimate of drug-likeness (QED) is 0.540. The van der Waals surface area contributed by atoms with E-state index in [9.17, 15) is 0 Å². The van der Waals surface area contributed by atoms with Gasteiger partial charge in [0.2, 0.25) is 0 Å². The number of rotatable bonds is 0. The van der Waals surface area contributed by atoms with Gasteiger partial charge in [-0.1, -0.05) is 0 Å². The molecule has 42 valence electrons. The van der Waals surface area contributed by atoms with Gasteiger partial charge >= 0.3 is 58.4 Å². The van der Waals surface area contributed by atoms with Crippen LogP contribution < -0.4 is 0 Å². The van der Waals surface area contributed by atoms with E-state index in [2.05, 4.69) is 4.99 Å². The number of hydrogen-bond donors (Lipinski definition) is 0. The Morgan fingerprint density at radius 1 is 1.62 bits per heavy atom. The van der Waals surface area contributed by atoms with E-state index in [0.29, 0.717) is 6.61 Å². The molecule has 0 fully saturated rings. The molecule has 0 aromatic heterocycles. The number of hydrogen-bond acceptors (Lipinski definition) is 3. The van der Waals surface area contributed by atoms with E-state index in [0.717, 1.165) is 0 Å². The first-order valence-electron chi connectivity index (χ1n) is 2.19. The van der Waals surface area contributed by atoms with E-state index in [4.69, 9.17) is 6.15 Å². The molecular formula is C4H5NO2Sn. The van der Waals surface area contributed by atoms with Crippen LogP contribution in [0.3, 0.4) is 0 Å². The van der Waals surface area contributed by atoms with Crippen LogP contribution in [0.4, 0.5) is 0 Å². The van der Waals surface area contributed by atoms with Crippen molar-refractivity contribution in [1.82, 2.24) is 0 Å². The summed E-state index contributed by atoms with van der Waals surface area (Å²) in [5.74, 6) is 0. The summed E-state index contributed by atoms with van der Waals surface area (Å²) in [7, 11) is 0. The van der Waals surface area contributed by atoms with E-state index in [1.807, 2.05) is 0 Å². The molecule has 2 radical (unpaired) electrons. The zero-order valence-electron chi connectivity index (χ0n) is 4.20. The normalized spacial score (nSPS) is 23.0. The van der Waals surface area contributed by atoms with Gasteiger partial charge < -0.3 is 0 Å². The molecule has 1 heterocycles. The van der Waals surface area contributed by atoms with Gasteiger partial charge in [0.25, 0.3) is 0 Å². The molecule has 1 rings (SSSR count). The van der Waals surface area contributed by atoms with Crippen molar-refractivity contribution in [3.8, 4) is 0 Å². The molecule has 0 saturated heterocycles. The van der Waals surface area contributed by atoms with Crippen molar-refractivity contribution in [2.24, 2.45) is 4.99 Å². The second kappa shape index (κ2) is 3.91. The van der Waals surface area contributed by atoms with Gasteiger partial charge in [0.05, 0.1) is 0 Å². The van der Waals surface area contributed by atoms with Crippen molar-refractivity contribution in [3.05, 3.63) is 12.5 Å². The maximum atomic E-state index is 5.02. The predicted octanol–water partition coefficient (Wildman–Crippen LogP) is 0.109. The Balaban J connectivity index is 2.33. The summed E-state index contributed by atoms with van der Waals surface area (Å²) in [6, 6.07) is 0. The Kier molecular flexibility index (Phi) is 2.98. The van der Waals surface area contributed by atoms with Gasteiger partial charge in [0.1, 0.15) is 0 Å². The van der Waals surface area contributed by atoms with Crippen LogP contribution in [0.15, 0.2) is 17.5 Å². The van der Waals surface area contributed by atoms with E-state index in [1.165, 1.54) is 0 Å². The van der Waals surface area contributed by atoms with Gasteiger partial charge in [-0.15, -0.1) is 0 Å². The molecule has 0 aromatic carbocycles. The standard InChI is InChI=1S/C4H6NO2.Sn/c6-3-1-5-2-4-7;/h1-3,6H,4H2;/q-1;+2/p-1/b3-1-,5-2?;. The zero-order valence-corrected chi connectivity index (χ0v) is 7.06. The second-order valence-corrected chi connectivity index (χ2v) is 3.10. The van der Waals surface area contributed by atoms with Crippen LogP contribution in [-0.4, -0.2) is 34.8 Å². The fourth-order valence-corrected chi connectivity index (χ4v) is 1.24. The van der Waals surface area contributed by atoms with Crippen LogP contribution in [0.2, 0.25) is 0 Å². The topological polar surface area (TPSA) is 30.8 Å². The molecule has 4 heteroatoms. The first kappa shape index (κ1) is 6.09. The SMILES string of the molecule is C1=N/C=C\[O][Sn][O]C1. The van der Waals surface area contributed by atoms with Crippen LogP contribution in [0.25, 0.3) is 0 Å². The van der Waals surface area contributed by atoms with Crippen molar-refractivity contribution >= 4 is 28.2 Å². The monoisotopic (exact) mass is 219 g/mol. The first-order chi connectivity index (χ1) is 4.00. The van der Waals surface area contributed by atoms with Gasteiger partial charge in [-0.25, -0.2) is 0 Å². The Labute approximate surface area is 58.7 Å². The Morgan fingerprint density at radius 3 is 3.62 bits per heavy atom. The zero-order chi connectivity index (χ0) is 5.66. The van der Waals surface area contributed by atoms with Crippen molar-refractivity contribution in [3.63, 3.8) is 0 Å². The second-order valence-electron chi connectivity index (χ2n) is 1.13. The minimum absolute atomic E-state index is 0.608. The number of nitrogens with zero attached hydrogens (tertiary/aromatic N) is 1. The summed E-state index contributed by atoms with van der Waals surface area (Å²) in [6.07, 6.45) is 4.92. The van der Waals surface area contributed by atoms with Crippen LogP contribution >= 0.6 is 0 Å². The molecule has 1 aliphatic heterocycles. The van der Waals surface area contributed by atoms with E-state index < -0.39 is 22.0 Å². The van der Waals surface area contributed by atoms with E-state index in [1.54, 1.807) is 18.7 Å². The van der Waals surface area contributed by atoms with Crippen LogP contribution in [-0.2, 0) is 6.15 Å². The summed E-state index contributed by atoms with van der Waals surface area (Å²) in [4.78, 5) is 3.80. The van der Waals surface area contributed by atoms with Crippen molar-refractivity contribution in [1.29, 1.82) is 0 Å². The predicted molar refractivity (Wildman–Crippen MR) is 30.4 cm³/mol. The number of aliphatic imine (C=N–C) groups is 1. The van der Waals surface area contributed by atoms with Gasteiger partial charge in [0.15, 0.2) is 0 Å². The van der Waals surface area contributed by atoms with Crippen molar-refractivity contribution < 1.29 is 6.15 Å². The average molecular weight is 218 g/mol. The molecule has 0 N–H and O–H groups in total. The molecule has 0 saturated carbocycles. The van der Waals surface area contributed by atoms with Crippen molar-refractivity contribution in [2.45, 2.75) is 0 Å². The molecule has 0 aliphatic carbocycles. The molecule has 0 aromatic rings. The molecule has 0 spiro atoms. The molecular weight excluding hydrogens is 213 g/mol. The van der Waals surface area contributed by atoms with Gasteiger partial charge in [-0.2, -0.15) is 0 Å². The Bertz CT molecular complexity index is 98.6. The summed E-state index contributed by atoms with van der Waals surface area (Å²) in [5.41, 5.74) is 0. The molecule has 3 nitrogen and oxygen atoms in total. The molecule has 1 aliphatic rings. The molecule has 0 amide bonds. The Hall–Kier alpha value is -0.0313. The minimum atomic E-state index is -0.961. The first-order valence-corrected chi connectivity index (χ1v) is 4.52. The Morgan fingerprint density at radius 2 is 2.62 bits per heavy atom. The molecule has 0 bridgehead atoms. The third-order valence-corrected chi connectivity index (χ3v) is 2.06. The third-order valence-electron chi connectivity index (χ3n) is 0.585. The van der Waals surface area contributed by atoms with Crippen molar-refractivity contribution in [2.75, 3.05) is 6.61 Å². The van der Waals surface area contributed by atoms with Gasteiger partial charge in [-0.05, 0) is 0 Å². The van der Waals surface area contributed by atoms with Gasteiger partial charge in [-0.3, -0.25) is 0 Å².